The largest absolute Gasteiger partial charge is 0.326 e. The molecule has 1 aliphatic rings. The summed E-state index contributed by atoms with van der Waals surface area (Å²) in [6.45, 7) is 3.49. The molecular weight excluding hydrogens is 380 g/mol. The van der Waals surface area contributed by atoms with Crippen molar-refractivity contribution in [3.05, 3.63) is 46.2 Å². The number of carbonyl (C=O) groups excluding carboxylic acids is 1. The lowest BCUT2D eigenvalue weighted by Gasteiger charge is -2.18. The smallest absolute Gasteiger partial charge is 0.229 e. The SMILES string of the molecule is Cc1ccc(Br)cc1NC(=O)[C@H]1CNC[C@@H]1c1cnn(C)c1.Cl. The van der Waals surface area contributed by atoms with Crippen LogP contribution >= 0.6 is 28.3 Å². The number of benzene rings is 1. The summed E-state index contributed by atoms with van der Waals surface area (Å²) in [5, 5.41) is 10.6. The fourth-order valence-corrected chi connectivity index (χ4v) is 3.25. The van der Waals surface area contributed by atoms with Crippen LogP contribution in [0.4, 0.5) is 5.69 Å². The molecule has 0 radical (unpaired) electrons. The van der Waals surface area contributed by atoms with Crippen molar-refractivity contribution in [2.75, 3.05) is 18.4 Å². The quantitative estimate of drug-likeness (QED) is 0.834. The van der Waals surface area contributed by atoms with E-state index in [0.717, 1.165) is 27.8 Å². The number of aryl methyl sites for hydroxylation is 2. The predicted octanol–water partition coefficient (Wildman–Crippen LogP) is 2.85. The monoisotopic (exact) mass is 398 g/mol. The second-order valence-electron chi connectivity index (χ2n) is 5.77. The number of carbonyl (C=O) groups is 1. The summed E-state index contributed by atoms with van der Waals surface area (Å²) in [7, 11) is 1.89. The first-order chi connectivity index (χ1) is 10.5. The lowest BCUT2D eigenvalue weighted by molar-refractivity contribution is -0.119. The van der Waals surface area contributed by atoms with E-state index in [2.05, 4.69) is 31.7 Å². The van der Waals surface area contributed by atoms with Crippen LogP contribution in [0.15, 0.2) is 35.1 Å². The van der Waals surface area contributed by atoms with E-state index in [1.54, 1.807) is 4.68 Å². The Hall–Kier alpha value is -1.37. The van der Waals surface area contributed by atoms with E-state index < -0.39 is 0 Å². The van der Waals surface area contributed by atoms with Crippen LogP contribution < -0.4 is 10.6 Å². The molecule has 1 saturated heterocycles. The van der Waals surface area contributed by atoms with Crippen LogP contribution in [-0.2, 0) is 11.8 Å². The Balaban J connectivity index is 0.00000192. The van der Waals surface area contributed by atoms with Crippen LogP contribution in [0.2, 0.25) is 0 Å². The van der Waals surface area contributed by atoms with Crippen LogP contribution in [0, 0.1) is 12.8 Å². The molecule has 2 atom stereocenters. The summed E-state index contributed by atoms with van der Waals surface area (Å²) in [5.41, 5.74) is 3.02. The van der Waals surface area contributed by atoms with Crippen LogP contribution in [0.25, 0.3) is 0 Å². The van der Waals surface area contributed by atoms with Crippen molar-refractivity contribution in [3.8, 4) is 0 Å². The fraction of sp³-hybridized carbons (Fsp3) is 0.375. The molecule has 1 aliphatic heterocycles. The van der Waals surface area contributed by atoms with Gasteiger partial charge in [0.05, 0.1) is 12.1 Å². The van der Waals surface area contributed by atoms with Gasteiger partial charge in [-0.1, -0.05) is 22.0 Å². The first kappa shape index (κ1) is 18.0. The molecule has 124 valence electrons. The van der Waals surface area contributed by atoms with E-state index in [0.29, 0.717) is 6.54 Å². The number of amides is 1. The van der Waals surface area contributed by atoms with Crippen molar-refractivity contribution in [1.29, 1.82) is 0 Å². The van der Waals surface area contributed by atoms with Crippen molar-refractivity contribution in [1.82, 2.24) is 15.1 Å². The number of aromatic nitrogens is 2. The highest BCUT2D eigenvalue weighted by atomic mass is 79.9. The van der Waals surface area contributed by atoms with E-state index in [1.807, 2.05) is 44.6 Å². The molecule has 1 fully saturated rings. The maximum Gasteiger partial charge on any atom is 0.229 e. The van der Waals surface area contributed by atoms with E-state index in [9.17, 15) is 4.79 Å². The van der Waals surface area contributed by atoms with Gasteiger partial charge in [0.1, 0.15) is 0 Å². The van der Waals surface area contributed by atoms with Gasteiger partial charge in [0.25, 0.3) is 0 Å². The van der Waals surface area contributed by atoms with E-state index >= 15 is 0 Å². The Kier molecular flexibility index (Phi) is 5.84. The third-order valence-electron chi connectivity index (χ3n) is 4.16. The number of nitrogens with zero attached hydrogens (tertiary/aromatic N) is 2. The highest BCUT2D eigenvalue weighted by Crippen LogP contribution is 2.29. The molecule has 2 N–H and O–H groups in total. The van der Waals surface area contributed by atoms with Crippen LogP contribution in [0.3, 0.4) is 0 Å². The van der Waals surface area contributed by atoms with Crippen molar-refractivity contribution in [3.63, 3.8) is 0 Å². The molecule has 0 saturated carbocycles. The summed E-state index contributed by atoms with van der Waals surface area (Å²) >= 11 is 3.45. The minimum Gasteiger partial charge on any atom is -0.326 e. The maximum atomic E-state index is 12.7. The molecule has 1 amide bonds. The van der Waals surface area contributed by atoms with Gasteiger partial charge in [-0.2, -0.15) is 5.10 Å². The molecule has 0 spiro atoms. The topological polar surface area (TPSA) is 59.0 Å². The van der Waals surface area contributed by atoms with Gasteiger partial charge in [-0.15, -0.1) is 12.4 Å². The van der Waals surface area contributed by atoms with Crippen LogP contribution in [0.1, 0.15) is 17.0 Å². The molecule has 2 heterocycles. The molecule has 1 aromatic heterocycles. The molecule has 2 aromatic rings. The summed E-state index contributed by atoms with van der Waals surface area (Å²) in [5.74, 6) is 0.142. The third-order valence-corrected chi connectivity index (χ3v) is 4.65. The zero-order valence-corrected chi connectivity index (χ0v) is 15.4. The number of hydrogen-bond donors (Lipinski definition) is 2. The first-order valence-corrected chi connectivity index (χ1v) is 8.10. The molecule has 1 aromatic carbocycles. The Morgan fingerprint density at radius 2 is 2.22 bits per heavy atom. The Morgan fingerprint density at radius 3 is 2.91 bits per heavy atom. The average molecular weight is 400 g/mol. The van der Waals surface area contributed by atoms with E-state index in [4.69, 9.17) is 0 Å². The van der Waals surface area contributed by atoms with Gasteiger partial charge >= 0.3 is 0 Å². The number of anilines is 1. The van der Waals surface area contributed by atoms with Crippen molar-refractivity contribution < 1.29 is 4.79 Å². The molecule has 23 heavy (non-hydrogen) atoms. The van der Waals surface area contributed by atoms with Gasteiger partial charge in [0.2, 0.25) is 5.91 Å². The lowest BCUT2D eigenvalue weighted by atomic mass is 9.90. The number of rotatable bonds is 3. The molecule has 7 heteroatoms. The van der Waals surface area contributed by atoms with Gasteiger partial charge in [-0.05, 0) is 30.2 Å². The van der Waals surface area contributed by atoms with Gasteiger partial charge in [0, 0.05) is 42.4 Å². The Morgan fingerprint density at radius 1 is 1.43 bits per heavy atom. The highest BCUT2D eigenvalue weighted by molar-refractivity contribution is 9.10. The van der Waals surface area contributed by atoms with Crippen LogP contribution in [0.5, 0.6) is 0 Å². The first-order valence-electron chi connectivity index (χ1n) is 7.31. The molecule has 3 rings (SSSR count). The maximum absolute atomic E-state index is 12.7. The third kappa shape index (κ3) is 3.94. The number of halogens is 2. The van der Waals surface area contributed by atoms with E-state index in [-0.39, 0.29) is 30.2 Å². The molecular formula is C16H20BrClN4O. The Labute approximate surface area is 150 Å². The predicted molar refractivity (Wildman–Crippen MR) is 97.1 cm³/mol. The summed E-state index contributed by atoms with van der Waals surface area (Å²) in [6.07, 6.45) is 3.84. The molecule has 0 aliphatic carbocycles. The highest BCUT2D eigenvalue weighted by Gasteiger charge is 2.34. The van der Waals surface area contributed by atoms with Gasteiger partial charge in [-0.25, -0.2) is 0 Å². The summed E-state index contributed by atoms with van der Waals surface area (Å²) in [6, 6.07) is 5.90. The standard InChI is InChI=1S/C16H19BrN4O.ClH/c1-10-3-4-12(17)5-15(10)20-16(22)14-8-18-7-13(14)11-6-19-21(2)9-11;/h3-6,9,13-14,18H,7-8H2,1-2H3,(H,20,22);1H/t13-,14+;/m1./s1. The van der Waals surface area contributed by atoms with Crippen molar-refractivity contribution in [2.45, 2.75) is 12.8 Å². The van der Waals surface area contributed by atoms with Crippen molar-refractivity contribution >= 4 is 39.9 Å². The van der Waals surface area contributed by atoms with Gasteiger partial charge in [0.15, 0.2) is 0 Å². The Bertz CT molecular complexity index is 703. The summed E-state index contributed by atoms with van der Waals surface area (Å²) < 4.78 is 2.74. The second kappa shape index (κ2) is 7.47. The fourth-order valence-electron chi connectivity index (χ4n) is 2.89. The number of nitrogens with one attached hydrogen (secondary N) is 2. The molecule has 0 bridgehead atoms. The lowest BCUT2D eigenvalue weighted by Crippen LogP contribution is -2.28. The second-order valence-corrected chi connectivity index (χ2v) is 6.68. The van der Waals surface area contributed by atoms with Gasteiger partial charge in [-0.3, -0.25) is 9.48 Å². The average Bonchev–Trinajstić information content (AvgIpc) is 3.11. The van der Waals surface area contributed by atoms with Crippen LogP contribution in [-0.4, -0.2) is 28.8 Å². The minimum atomic E-state index is -0.0809. The van der Waals surface area contributed by atoms with Gasteiger partial charge < -0.3 is 10.6 Å². The molecule has 0 unspecified atom stereocenters. The molecule has 5 nitrogen and oxygen atoms in total. The zero-order valence-electron chi connectivity index (χ0n) is 13.0. The van der Waals surface area contributed by atoms with Crippen molar-refractivity contribution in [2.24, 2.45) is 13.0 Å². The van der Waals surface area contributed by atoms with E-state index in [1.165, 1.54) is 0 Å². The minimum absolute atomic E-state index is 0. The summed E-state index contributed by atoms with van der Waals surface area (Å²) in [4.78, 5) is 12.7. The zero-order chi connectivity index (χ0) is 15.7. The normalized spacial score (nSPS) is 20.1. The number of hydrogen-bond acceptors (Lipinski definition) is 3.